The fraction of sp³-hybridized carbons (Fsp3) is 1.00. The molecule has 0 rings (SSSR count). The molecule has 0 fully saturated rings. The lowest BCUT2D eigenvalue weighted by Crippen LogP contribution is -2.10. The Morgan fingerprint density at radius 2 is 1.00 bits per heavy atom. The molecule has 0 spiro atoms. The van der Waals surface area contributed by atoms with E-state index in [-0.39, 0.29) is 13.2 Å². The Labute approximate surface area is 98.9 Å². The molecule has 4 atom stereocenters. The molecule has 0 aromatic carbocycles. The van der Waals surface area contributed by atoms with Gasteiger partial charge in [-0.2, -0.15) is 25.3 Å². The summed E-state index contributed by atoms with van der Waals surface area (Å²) in [7, 11) is 0. The molecule has 0 unspecified atom stereocenters. The highest BCUT2D eigenvalue weighted by molar-refractivity contribution is 7.81. The standard InChI is InChI=1S/2C5H12OS/c2*1-4(3-6)5(2)7/h2*4-7H,3H2,1-2H3/t2*4-,5-/m10/s1. The lowest BCUT2D eigenvalue weighted by molar-refractivity contribution is 0.237. The van der Waals surface area contributed by atoms with Crippen molar-refractivity contribution in [1.29, 1.82) is 0 Å². The summed E-state index contributed by atoms with van der Waals surface area (Å²) in [5.41, 5.74) is 0. The lowest BCUT2D eigenvalue weighted by Gasteiger charge is -2.08. The van der Waals surface area contributed by atoms with Gasteiger partial charge in [-0.3, -0.25) is 0 Å². The van der Waals surface area contributed by atoms with Crippen molar-refractivity contribution in [2.45, 2.75) is 38.2 Å². The van der Waals surface area contributed by atoms with Gasteiger partial charge in [-0.15, -0.1) is 0 Å². The maximum atomic E-state index is 8.46. The number of aliphatic hydroxyl groups excluding tert-OH is 2. The highest BCUT2D eigenvalue weighted by Crippen LogP contribution is 2.06. The summed E-state index contributed by atoms with van der Waals surface area (Å²) < 4.78 is 0. The summed E-state index contributed by atoms with van der Waals surface area (Å²) in [4.78, 5) is 0. The molecule has 4 heteroatoms. The Hall–Kier alpha value is 0.620. The van der Waals surface area contributed by atoms with Gasteiger partial charge in [0, 0.05) is 23.7 Å². The van der Waals surface area contributed by atoms with E-state index in [2.05, 4.69) is 25.3 Å². The van der Waals surface area contributed by atoms with E-state index in [9.17, 15) is 0 Å². The molecule has 2 N–H and O–H groups in total. The van der Waals surface area contributed by atoms with E-state index >= 15 is 0 Å². The Morgan fingerprint density at radius 1 is 0.786 bits per heavy atom. The van der Waals surface area contributed by atoms with E-state index in [0.717, 1.165) is 0 Å². The van der Waals surface area contributed by atoms with Gasteiger partial charge in [0.1, 0.15) is 0 Å². The van der Waals surface area contributed by atoms with Gasteiger partial charge in [0.2, 0.25) is 0 Å². The first-order valence-electron chi connectivity index (χ1n) is 4.94. The maximum absolute atomic E-state index is 8.46. The van der Waals surface area contributed by atoms with E-state index in [0.29, 0.717) is 22.3 Å². The molecular formula is C10H24O2S2. The van der Waals surface area contributed by atoms with Gasteiger partial charge < -0.3 is 10.2 Å². The summed E-state index contributed by atoms with van der Waals surface area (Å²) in [6, 6.07) is 0. The quantitative estimate of drug-likeness (QED) is 0.567. The van der Waals surface area contributed by atoms with Crippen molar-refractivity contribution in [3.8, 4) is 0 Å². The summed E-state index contributed by atoms with van der Waals surface area (Å²) in [6.45, 7) is 8.37. The zero-order valence-electron chi connectivity index (χ0n) is 9.51. The van der Waals surface area contributed by atoms with Crippen LogP contribution >= 0.6 is 25.3 Å². The second-order valence-corrected chi connectivity index (χ2v) is 5.43. The Kier molecular flexibility index (Phi) is 12.3. The van der Waals surface area contributed by atoms with E-state index in [1.165, 1.54) is 0 Å². The van der Waals surface area contributed by atoms with Gasteiger partial charge in [-0.05, 0) is 11.8 Å². The summed E-state index contributed by atoms with van der Waals surface area (Å²) in [5, 5.41) is 17.5. The van der Waals surface area contributed by atoms with Crippen LogP contribution in [0.1, 0.15) is 27.7 Å². The van der Waals surface area contributed by atoms with E-state index < -0.39 is 0 Å². The van der Waals surface area contributed by atoms with Crippen molar-refractivity contribution >= 4 is 25.3 Å². The number of rotatable bonds is 4. The van der Waals surface area contributed by atoms with Crippen molar-refractivity contribution in [2.75, 3.05) is 13.2 Å². The second-order valence-electron chi connectivity index (χ2n) is 3.80. The minimum absolute atomic E-state index is 0.241. The Morgan fingerprint density at radius 3 is 1.00 bits per heavy atom. The fourth-order valence-corrected chi connectivity index (χ4v) is 0.494. The fourth-order valence-electron chi connectivity index (χ4n) is 0.305. The highest BCUT2D eigenvalue weighted by atomic mass is 32.1. The molecule has 0 bridgehead atoms. The van der Waals surface area contributed by atoms with Crippen LogP contribution in [0.2, 0.25) is 0 Å². The van der Waals surface area contributed by atoms with Crippen molar-refractivity contribution < 1.29 is 10.2 Å². The zero-order valence-corrected chi connectivity index (χ0v) is 11.3. The molecule has 0 aliphatic carbocycles. The first-order valence-corrected chi connectivity index (χ1v) is 5.97. The molecule has 14 heavy (non-hydrogen) atoms. The Bertz CT molecular complexity index is 105. The van der Waals surface area contributed by atoms with Crippen LogP contribution in [0, 0.1) is 11.8 Å². The van der Waals surface area contributed by atoms with Crippen LogP contribution in [-0.4, -0.2) is 33.9 Å². The van der Waals surface area contributed by atoms with Crippen molar-refractivity contribution in [2.24, 2.45) is 11.8 Å². The largest absolute Gasteiger partial charge is 0.396 e. The van der Waals surface area contributed by atoms with Crippen LogP contribution in [0.3, 0.4) is 0 Å². The topological polar surface area (TPSA) is 40.5 Å². The Balaban J connectivity index is 0. The average molecular weight is 240 g/mol. The molecular weight excluding hydrogens is 216 g/mol. The van der Waals surface area contributed by atoms with Crippen LogP contribution in [0.15, 0.2) is 0 Å². The minimum Gasteiger partial charge on any atom is -0.396 e. The van der Waals surface area contributed by atoms with Crippen molar-refractivity contribution in [3.05, 3.63) is 0 Å². The predicted molar refractivity (Wildman–Crippen MR) is 69.4 cm³/mol. The van der Waals surface area contributed by atoms with Gasteiger partial charge in [0.25, 0.3) is 0 Å². The molecule has 0 radical (unpaired) electrons. The van der Waals surface area contributed by atoms with Gasteiger partial charge in [0.05, 0.1) is 0 Å². The molecule has 0 aromatic heterocycles. The summed E-state index contributed by atoms with van der Waals surface area (Å²) in [6.07, 6.45) is 0. The molecule has 0 heterocycles. The third-order valence-corrected chi connectivity index (χ3v) is 3.24. The van der Waals surface area contributed by atoms with Gasteiger partial charge in [0.15, 0.2) is 0 Å². The van der Waals surface area contributed by atoms with Gasteiger partial charge in [-0.25, -0.2) is 0 Å². The van der Waals surface area contributed by atoms with E-state index in [4.69, 9.17) is 10.2 Å². The number of hydrogen-bond donors (Lipinski definition) is 4. The van der Waals surface area contributed by atoms with Crippen LogP contribution in [-0.2, 0) is 0 Å². The first-order chi connectivity index (χ1) is 6.36. The first kappa shape index (κ1) is 17.0. The maximum Gasteiger partial charge on any atom is 0.0467 e. The monoisotopic (exact) mass is 240 g/mol. The highest BCUT2D eigenvalue weighted by Gasteiger charge is 2.04. The third-order valence-electron chi connectivity index (χ3n) is 2.22. The minimum atomic E-state index is 0.241. The molecule has 0 aliphatic heterocycles. The normalized spacial score (nSPS) is 18.9. The second kappa shape index (κ2) is 10.1. The zero-order chi connectivity index (χ0) is 11.7. The molecule has 0 aromatic rings. The van der Waals surface area contributed by atoms with Crippen LogP contribution in [0.25, 0.3) is 0 Å². The molecule has 0 saturated heterocycles. The summed E-state index contributed by atoms with van der Waals surface area (Å²) in [5.74, 6) is 0.645. The van der Waals surface area contributed by atoms with Crippen LogP contribution in [0.4, 0.5) is 0 Å². The smallest absolute Gasteiger partial charge is 0.0467 e. The molecule has 0 aliphatic rings. The van der Waals surface area contributed by atoms with Crippen LogP contribution in [0.5, 0.6) is 0 Å². The molecule has 88 valence electrons. The molecule has 0 saturated carbocycles. The number of thiol groups is 2. The van der Waals surface area contributed by atoms with Gasteiger partial charge >= 0.3 is 0 Å². The molecule has 0 amide bonds. The van der Waals surface area contributed by atoms with Crippen molar-refractivity contribution in [1.82, 2.24) is 0 Å². The predicted octanol–water partition coefficient (Wildman–Crippen LogP) is 1.87. The number of aliphatic hydroxyl groups is 2. The average Bonchev–Trinajstić information content (AvgIpc) is 2.15. The summed E-state index contributed by atoms with van der Waals surface area (Å²) >= 11 is 8.23. The van der Waals surface area contributed by atoms with E-state index in [1.54, 1.807) is 0 Å². The third kappa shape index (κ3) is 10.7. The lowest BCUT2D eigenvalue weighted by atomic mass is 10.1. The van der Waals surface area contributed by atoms with E-state index in [1.807, 2.05) is 27.7 Å². The van der Waals surface area contributed by atoms with Crippen LogP contribution < -0.4 is 0 Å². The molecule has 2 nitrogen and oxygen atoms in total. The number of hydrogen-bond acceptors (Lipinski definition) is 4. The SMILES string of the molecule is C[C@H](CO)[C@@H](C)S.C[C@H](S)[C@@H](C)CO. The van der Waals surface area contributed by atoms with Gasteiger partial charge in [-0.1, -0.05) is 27.7 Å². The van der Waals surface area contributed by atoms with Crippen molar-refractivity contribution in [3.63, 3.8) is 0 Å².